The molecule has 0 fully saturated rings. The van der Waals surface area contributed by atoms with Crippen molar-refractivity contribution in [3.05, 3.63) is 47.0 Å². The minimum absolute atomic E-state index is 0. The quantitative estimate of drug-likeness (QED) is 0.816. The van der Waals surface area contributed by atoms with E-state index in [0.29, 0.717) is 6.04 Å². The van der Waals surface area contributed by atoms with Crippen molar-refractivity contribution in [2.75, 3.05) is 13.1 Å². The van der Waals surface area contributed by atoms with Crippen LogP contribution in [0.25, 0.3) is 11.1 Å². The fourth-order valence-corrected chi connectivity index (χ4v) is 4.13. The molecule has 0 spiro atoms. The molecule has 122 valence electrons. The van der Waals surface area contributed by atoms with Crippen molar-refractivity contribution in [2.45, 2.75) is 32.2 Å². The predicted octanol–water partition coefficient (Wildman–Crippen LogP) is 4.05. The molecule has 4 rings (SSSR count). The summed E-state index contributed by atoms with van der Waals surface area (Å²) in [6.07, 6.45) is 3.13. The number of fused-ring (bicyclic) bond motifs is 2. The average molecular weight is 332 g/mol. The molecular weight excluding hydrogens is 310 g/mol. The Morgan fingerprint density at radius 3 is 2.74 bits per heavy atom. The smallest absolute Gasteiger partial charge is 0.165 e. The van der Waals surface area contributed by atoms with Crippen molar-refractivity contribution in [1.82, 2.24) is 4.90 Å². The summed E-state index contributed by atoms with van der Waals surface area (Å²) in [5, 5.41) is 20.2. The lowest BCUT2D eigenvalue weighted by Crippen LogP contribution is -2.38. The number of hydrogen-bond acceptors (Lipinski definition) is 3. The molecule has 0 saturated heterocycles. The van der Waals surface area contributed by atoms with Crippen molar-refractivity contribution in [3.8, 4) is 22.6 Å². The van der Waals surface area contributed by atoms with E-state index in [9.17, 15) is 10.2 Å². The Labute approximate surface area is 143 Å². The number of aromatic hydroxyl groups is 2. The molecule has 0 radical (unpaired) electrons. The normalized spacial score (nSPS) is 18.7. The zero-order chi connectivity index (χ0) is 15.3. The van der Waals surface area contributed by atoms with Crippen molar-refractivity contribution < 1.29 is 10.2 Å². The van der Waals surface area contributed by atoms with Gasteiger partial charge in [0.2, 0.25) is 0 Å². The average Bonchev–Trinajstić information content (AvgIpc) is 2.53. The molecule has 4 heteroatoms. The Balaban J connectivity index is 0.00000156. The Morgan fingerprint density at radius 2 is 1.96 bits per heavy atom. The van der Waals surface area contributed by atoms with E-state index < -0.39 is 0 Å². The lowest BCUT2D eigenvalue weighted by Gasteiger charge is -2.41. The lowest BCUT2D eigenvalue weighted by atomic mass is 9.76. The first-order valence-corrected chi connectivity index (χ1v) is 8.10. The Bertz CT molecular complexity index is 744. The predicted molar refractivity (Wildman–Crippen MR) is 94.5 cm³/mol. The molecule has 0 bridgehead atoms. The van der Waals surface area contributed by atoms with Gasteiger partial charge in [0.05, 0.1) is 0 Å². The summed E-state index contributed by atoms with van der Waals surface area (Å²) in [6, 6.07) is 10.3. The molecule has 0 amide bonds. The second-order valence-corrected chi connectivity index (χ2v) is 6.35. The summed E-state index contributed by atoms with van der Waals surface area (Å²) in [5.74, 6) is -0.00649. The second kappa shape index (κ2) is 6.06. The maximum absolute atomic E-state index is 10.4. The van der Waals surface area contributed by atoms with Crippen LogP contribution in [-0.2, 0) is 12.8 Å². The van der Waals surface area contributed by atoms with E-state index in [4.69, 9.17) is 0 Å². The Kier molecular flexibility index (Phi) is 4.26. The van der Waals surface area contributed by atoms with Gasteiger partial charge in [0, 0.05) is 18.2 Å². The number of phenolic OH excluding ortho intramolecular Hbond substituents is 2. The van der Waals surface area contributed by atoms with Crippen molar-refractivity contribution in [3.63, 3.8) is 0 Å². The third-order valence-electron chi connectivity index (χ3n) is 5.08. The number of hydrogen-bond donors (Lipinski definition) is 2. The van der Waals surface area contributed by atoms with Crippen LogP contribution in [0.1, 0.15) is 36.1 Å². The molecule has 0 aromatic heterocycles. The minimum Gasteiger partial charge on any atom is -0.504 e. The van der Waals surface area contributed by atoms with Gasteiger partial charge in [0.15, 0.2) is 11.5 Å². The molecule has 2 aromatic carbocycles. The number of halogens is 1. The van der Waals surface area contributed by atoms with Crippen LogP contribution in [0.2, 0.25) is 0 Å². The first kappa shape index (κ1) is 16.2. The number of nitrogens with zero attached hydrogens (tertiary/aromatic N) is 1. The summed E-state index contributed by atoms with van der Waals surface area (Å²) in [5.41, 5.74) is 5.80. The van der Waals surface area contributed by atoms with Gasteiger partial charge in [0.25, 0.3) is 0 Å². The van der Waals surface area contributed by atoms with Crippen LogP contribution in [0.5, 0.6) is 11.5 Å². The fourth-order valence-electron chi connectivity index (χ4n) is 4.13. The highest BCUT2D eigenvalue weighted by Gasteiger charge is 2.35. The van der Waals surface area contributed by atoms with Crippen LogP contribution in [0, 0.1) is 0 Å². The van der Waals surface area contributed by atoms with E-state index in [0.717, 1.165) is 49.0 Å². The number of phenols is 2. The maximum Gasteiger partial charge on any atom is 0.165 e. The molecule has 2 aromatic rings. The second-order valence-electron chi connectivity index (χ2n) is 6.35. The van der Waals surface area contributed by atoms with E-state index >= 15 is 0 Å². The zero-order valence-electron chi connectivity index (χ0n) is 13.2. The molecule has 1 aliphatic carbocycles. The van der Waals surface area contributed by atoms with Gasteiger partial charge < -0.3 is 10.2 Å². The summed E-state index contributed by atoms with van der Waals surface area (Å²) in [6.45, 7) is 4.44. The van der Waals surface area contributed by atoms with Gasteiger partial charge in [-0.05, 0) is 54.1 Å². The van der Waals surface area contributed by atoms with Crippen molar-refractivity contribution >= 4 is 12.4 Å². The molecule has 0 saturated carbocycles. The van der Waals surface area contributed by atoms with Gasteiger partial charge >= 0.3 is 0 Å². The molecule has 1 unspecified atom stereocenters. The summed E-state index contributed by atoms with van der Waals surface area (Å²) in [7, 11) is 0. The summed E-state index contributed by atoms with van der Waals surface area (Å²) < 4.78 is 0. The molecule has 2 N–H and O–H groups in total. The van der Waals surface area contributed by atoms with Gasteiger partial charge in [-0.2, -0.15) is 0 Å². The van der Waals surface area contributed by atoms with E-state index in [1.807, 2.05) is 6.07 Å². The zero-order valence-corrected chi connectivity index (χ0v) is 14.1. The van der Waals surface area contributed by atoms with Gasteiger partial charge in [-0.15, -0.1) is 12.4 Å². The maximum atomic E-state index is 10.4. The highest BCUT2D eigenvalue weighted by molar-refractivity contribution is 5.85. The van der Waals surface area contributed by atoms with E-state index in [2.05, 4.69) is 30.0 Å². The first-order chi connectivity index (χ1) is 10.7. The van der Waals surface area contributed by atoms with E-state index in [-0.39, 0.29) is 23.9 Å². The van der Waals surface area contributed by atoms with Gasteiger partial charge in [-0.3, -0.25) is 4.90 Å². The highest BCUT2D eigenvalue weighted by atomic mass is 35.5. The highest BCUT2D eigenvalue weighted by Crippen LogP contribution is 2.50. The minimum atomic E-state index is -0.0315. The van der Waals surface area contributed by atoms with Crippen LogP contribution in [0.15, 0.2) is 30.3 Å². The first-order valence-electron chi connectivity index (χ1n) is 8.10. The molecule has 1 heterocycles. The van der Waals surface area contributed by atoms with Crippen LogP contribution < -0.4 is 0 Å². The largest absolute Gasteiger partial charge is 0.504 e. The third-order valence-corrected chi connectivity index (χ3v) is 5.08. The standard InChI is InChI=1S/C19H21NO2.ClH/c1-2-9-20-10-8-12-4-3-5-14-17(12)15(20)11-13-6-7-16(21)19(22)18(13)14;/h3-7,15,21-22H,2,8-11H2,1H3;1H. The monoisotopic (exact) mass is 331 g/mol. The van der Waals surface area contributed by atoms with Gasteiger partial charge in [0.1, 0.15) is 0 Å². The molecule has 3 nitrogen and oxygen atoms in total. The summed E-state index contributed by atoms with van der Waals surface area (Å²) >= 11 is 0. The van der Waals surface area contributed by atoms with Crippen LogP contribution in [0.4, 0.5) is 0 Å². The third kappa shape index (κ3) is 2.39. The lowest BCUT2D eigenvalue weighted by molar-refractivity contribution is 0.183. The fraction of sp³-hybridized carbons (Fsp3) is 0.368. The molecule has 23 heavy (non-hydrogen) atoms. The van der Waals surface area contributed by atoms with Crippen molar-refractivity contribution in [2.24, 2.45) is 0 Å². The SMILES string of the molecule is CCCN1CCc2cccc3c2C1Cc1ccc(O)c(O)c1-3.Cl. The Morgan fingerprint density at radius 1 is 1.13 bits per heavy atom. The Hall–Kier alpha value is -1.71. The van der Waals surface area contributed by atoms with Crippen LogP contribution in [0.3, 0.4) is 0 Å². The van der Waals surface area contributed by atoms with Crippen LogP contribution in [-0.4, -0.2) is 28.2 Å². The molecule has 2 aliphatic rings. The van der Waals surface area contributed by atoms with Gasteiger partial charge in [-0.25, -0.2) is 0 Å². The molecule has 1 aliphatic heterocycles. The van der Waals surface area contributed by atoms with E-state index in [1.54, 1.807) is 6.07 Å². The van der Waals surface area contributed by atoms with Crippen LogP contribution >= 0.6 is 12.4 Å². The van der Waals surface area contributed by atoms with Gasteiger partial charge in [-0.1, -0.05) is 31.2 Å². The number of rotatable bonds is 2. The van der Waals surface area contributed by atoms with Crippen molar-refractivity contribution in [1.29, 1.82) is 0 Å². The van der Waals surface area contributed by atoms with E-state index in [1.165, 1.54) is 11.1 Å². The number of benzene rings is 2. The summed E-state index contributed by atoms with van der Waals surface area (Å²) in [4.78, 5) is 2.57. The molecular formula is C19H22ClNO2. The molecule has 1 atom stereocenters. The topological polar surface area (TPSA) is 43.7 Å².